The Hall–Kier alpha value is -1.12. The molecule has 1 fully saturated rings. The molecule has 0 aliphatic carbocycles. The van der Waals surface area contributed by atoms with Crippen LogP contribution in [-0.4, -0.2) is 59.0 Å². The SMILES string of the molecule is Cc1nn(C)c(Cl)c1S(=O)(=O)N1CCN(CC(C)C)C(=O)[C@H]1C. The highest BCUT2D eigenvalue weighted by Gasteiger charge is 2.41. The molecule has 130 valence electrons. The number of hydrogen-bond donors (Lipinski definition) is 0. The number of nitrogens with zero attached hydrogens (tertiary/aromatic N) is 4. The second-order valence-electron chi connectivity index (χ2n) is 6.30. The van der Waals surface area contributed by atoms with Crippen LogP contribution in [0.5, 0.6) is 0 Å². The zero-order valence-corrected chi connectivity index (χ0v) is 15.6. The quantitative estimate of drug-likeness (QED) is 0.808. The number of amides is 1. The molecule has 0 bridgehead atoms. The van der Waals surface area contributed by atoms with E-state index in [2.05, 4.69) is 5.10 Å². The van der Waals surface area contributed by atoms with Gasteiger partial charge in [0.15, 0.2) is 0 Å². The van der Waals surface area contributed by atoms with Crippen LogP contribution in [0.4, 0.5) is 0 Å². The van der Waals surface area contributed by atoms with Gasteiger partial charge in [0.2, 0.25) is 15.9 Å². The molecule has 2 heterocycles. The maximum Gasteiger partial charge on any atom is 0.248 e. The van der Waals surface area contributed by atoms with E-state index in [9.17, 15) is 13.2 Å². The molecule has 0 N–H and O–H groups in total. The average molecular weight is 363 g/mol. The normalized spacial score (nSPS) is 20.6. The first-order chi connectivity index (χ1) is 10.6. The molecular formula is C14H23ClN4O3S. The van der Waals surface area contributed by atoms with E-state index in [1.807, 2.05) is 13.8 Å². The molecule has 7 nitrogen and oxygen atoms in total. The second kappa shape index (κ2) is 6.41. The molecule has 1 aromatic heterocycles. The van der Waals surface area contributed by atoms with E-state index >= 15 is 0 Å². The first-order valence-corrected chi connectivity index (χ1v) is 9.39. The number of piperazine rings is 1. The summed E-state index contributed by atoms with van der Waals surface area (Å²) in [5.41, 5.74) is 0.335. The zero-order chi connectivity index (χ0) is 17.5. The van der Waals surface area contributed by atoms with Gasteiger partial charge in [0.1, 0.15) is 16.1 Å². The smallest absolute Gasteiger partial charge is 0.248 e. The summed E-state index contributed by atoms with van der Waals surface area (Å²) in [6.07, 6.45) is 0. The number of sulfonamides is 1. The fourth-order valence-corrected chi connectivity index (χ4v) is 5.17. The zero-order valence-electron chi connectivity index (χ0n) is 14.1. The first kappa shape index (κ1) is 18.2. The van der Waals surface area contributed by atoms with Gasteiger partial charge < -0.3 is 4.90 Å². The summed E-state index contributed by atoms with van der Waals surface area (Å²) in [7, 11) is -2.28. The number of aromatic nitrogens is 2. The van der Waals surface area contributed by atoms with Crippen LogP contribution in [-0.2, 0) is 21.9 Å². The Labute approximate surface area is 142 Å². The molecule has 1 aliphatic rings. The molecule has 0 radical (unpaired) electrons. The summed E-state index contributed by atoms with van der Waals surface area (Å²) in [4.78, 5) is 14.2. The van der Waals surface area contributed by atoms with Crippen molar-refractivity contribution >= 4 is 27.5 Å². The fourth-order valence-electron chi connectivity index (χ4n) is 2.88. The van der Waals surface area contributed by atoms with E-state index in [1.54, 1.807) is 25.8 Å². The Bertz CT molecular complexity index is 714. The van der Waals surface area contributed by atoms with Crippen LogP contribution in [0.2, 0.25) is 5.15 Å². The number of hydrogen-bond acceptors (Lipinski definition) is 4. The van der Waals surface area contributed by atoms with Crippen molar-refractivity contribution in [1.29, 1.82) is 0 Å². The van der Waals surface area contributed by atoms with Gasteiger partial charge >= 0.3 is 0 Å². The predicted octanol–water partition coefficient (Wildman–Crippen LogP) is 1.26. The summed E-state index contributed by atoms with van der Waals surface area (Å²) < 4.78 is 28.4. The van der Waals surface area contributed by atoms with Gasteiger partial charge in [-0.2, -0.15) is 9.40 Å². The lowest BCUT2D eigenvalue weighted by atomic mass is 10.1. The Morgan fingerprint density at radius 3 is 2.43 bits per heavy atom. The highest BCUT2D eigenvalue weighted by atomic mass is 35.5. The van der Waals surface area contributed by atoms with E-state index in [0.29, 0.717) is 24.7 Å². The minimum Gasteiger partial charge on any atom is -0.340 e. The Morgan fingerprint density at radius 2 is 1.96 bits per heavy atom. The van der Waals surface area contributed by atoms with Crippen molar-refractivity contribution in [3.05, 3.63) is 10.8 Å². The molecule has 9 heteroatoms. The van der Waals surface area contributed by atoms with E-state index < -0.39 is 16.1 Å². The Kier molecular flexibility index (Phi) is 5.08. The van der Waals surface area contributed by atoms with E-state index in [1.165, 1.54) is 8.99 Å². The number of carbonyl (C=O) groups excluding carboxylic acids is 1. The molecule has 0 aromatic carbocycles. The van der Waals surface area contributed by atoms with Gasteiger partial charge in [0.25, 0.3) is 0 Å². The van der Waals surface area contributed by atoms with Crippen molar-refractivity contribution in [2.24, 2.45) is 13.0 Å². The minimum atomic E-state index is -3.87. The van der Waals surface area contributed by atoms with Gasteiger partial charge in [-0.15, -0.1) is 0 Å². The van der Waals surface area contributed by atoms with Gasteiger partial charge in [-0.05, 0) is 19.8 Å². The molecule has 0 spiro atoms. The van der Waals surface area contributed by atoms with Crippen LogP contribution in [0.3, 0.4) is 0 Å². The molecular weight excluding hydrogens is 340 g/mol. The summed E-state index contributed by atoms with van der Waals surface area (Å²) in [5.74, 6) is 0.163. The number of aryl methyl sites for hydroxylation is 2. The van der Waals surface area contributed by atoms with Crippen molar-refractivity contribution < 1.29 is 13.2 Å². The molecule has 1 aliphatic heterocycles. The third kappa shape index (κ3) is 3.25. The van der Waals surface area contributed by atoms with E-state index in [0.717, 1.165) is 0 Å². The molecule has 2 rings (SSSR count). The number of rotatable bonds is 4. The van der Waals surface area contributed by atoms with Crippen molar-refractivity contribution in [1.82, 2.24) is 19.0 Å². The summed E-state index contributed by atoms with van der Waals surface area (Å²) in [5, 5.41) is 4.12. The fraction of sp³-hybridized carbons (Fsp3) is 0.714. The molecule has 1 aromatic rings. The summed E-state index contributed by atoms with van der Waals surface area (Å²) >= 11 is 6.10. The topological polar surface area (TPSA) is 75.5 Å². The standard InChI is InChI=1S/C14H23ClN4O3S/c1-9(2)8-18-6-7-19(11(4)14(18)20)23(21,22)12-10(3)16-17(5)13(12)15/h9,11H,6-8H2,1-5H3/t11-/m1/s1. The number of halogens is 1. The largest absolute Gasteiger partial charge is 0.340 e. The minimum absolute atomic E-state index is 0.0152. The van der Waals surface area contributed by atoms with Gasteiger partial charge in [-0.3, -0.25) is 9.48 Å². The van der Waals surface area contributed by atoms with Crippen LogP contribution < -0.4 is 0 Å². The van der Waals surface area contributed by atoms with Crippen molar-refractivity contribution in [3.63, 3.8) is 0 Å². The number of carbonyl (C=O) groups is 1. The highest BCUT2D eigenvalue weighted by Crippen LogP contribution is 2.30. The Morgan fingerprint density at radius 1 is 1.35 bits per heavy atom. The average Bonchev–Trinajstić information content (AvgIpc) is 2.68. The van der Waals surface area contributed by atoms with E-state index in [-0.39, 0.29) is 22.5 Å². The predicted molar refractivity (Wildman–Crippen MR) is 87.7 cm³/mol. The van der Waals surface area contributed by atoms with Gasteiger partial charge in [-0.1, -0.05) is 25.4 Å². The van der Waals surface area contributed by atoms with Crippen molar-refractivity contribution in [3.8, 4) is 0 Å². The van der Waals surface area contributed by atoms with Crippen LogP contribution in [0.15, 0.2) is 4.90 Å². The summed E-state index contributed by atoms with van der Waals surface area (Å²) in [6, 6.07) is -0.747. The Balaban J connectivity index is 2.34. The molecule has 0 unspecified atom stereocenters. The van der Waals surface area contributed by atoms with Crippen LogP contribution in [0, 0.1) is 12.8 Å². The second-order valence-corrected chi connectivity index (χ2v) is 8.48. The summed E-state index contributed by atoms with van der Waals surface area (Å²) in [6.45, 7) is 8.54. The van der Waals surface area contributed by atoms with Crippen LogP contribution in [0.1, 0.15) is 26.5 Å². The third-order valence-corrected chi connectivity index (χ3v) is 6.61. The molecule has 1 atom stereocenters. The lowest BCUT2D eigenvalue weighted by Gasteiger charge is -2.38. The lowest BCUT2D eigenvalue weighted by molar-refractivity contribution is -0.138. The van der Waals surface area contributed by atoms with Crippen LogP contribution in [0.25, 0.3) is 0 Å². The van der Waals surface area contributed by atoms with Gasteiger partial charge in [0, 0.05) is 26.7 Å². The van der Waals surface area contributed by atoms with E-state index in [4.69, 9.17) is 11.6 Å². The molecule has 1 amide bonds. The maximum absolute atomic E-state index is 12.9. The lowest BCUT2D eigenvalue weighted by Crippen LogP contribution is -2.58. The molecule has 23 heavy (non-hydrogen) atoms. The molecule has 0 saturated carbocycles. The van der Waals surface area contributed by atoms with Crippen molar-refractivity contribution in [2.75, 3.05) is 19.6 Å². The van der Waals surface area contributed by atoms with Crippen LogP contribution >= 0.6 is 11.6 Å². The monoisotopic (exact) mass is 362 g/mol. The highest BCUT2D eigenvalue weighted by molar-refractivity contribution is 7.89. The van der Waals surface area contributed by atoms with Gasteiger partial charge in [-0.25, -0.2) is 8.42 Å². The van der Waals surface area contributed by atoms with Gasteiger partial charge in [0.05, 0.1) is 5.69 Å². The molecule has 1 saturated heterocycles. The maximum atomic E-state index is 12.9. The van der Waals surface area contributed by atoms with Crippen molar-refractivity contribution in [2.45, 2.75) is 38.6 Å². The third-order valence-electron chi connectivity index (χ3n) is 3.94. The first-order valence-electron chi connectivity index (χ1n) is 7.57.